The van der Waals surface area contributed by atoms with Gasteiger partial charge in [0.15, 0.2) is 0 Å². The minimum Gasteiger partial charge on any atom is -0.496 e. The molecule has 3 aromatic carbocycles. The number of hydrogen-bond donors (Lipinski definition) is 1. The molecule has 1 fully saturated rings. The maximum absolute atomic E-state index is 13.0. The number of rotatable bonds is 5. The van der Waals surface area contributed by atoms with Gasteiger partial charge < -0.3 is 15.0 Å². The van der Waals surface area contributed by atoms with Crippen molar-refractivity contribution in [3.63, 3.8) is 0 Å². The Balaban J connectivity index is 1.55. The van der Waals surface area contributed by atoms with Gasteiger partial charge >= 0.3 is 0 Å². The minimum atomic E-state index is -0.141. The van der Waals surface area contributed by atoms with Crippen LogP contribution in [0.4, 0.5) is 0 Å². The Labute approximate surface area is 170 Å². The molecule has 2 atom stereocenters. The van der Waals surface area contributed by atoms with Crippen LogP contribution in [0.5, 0.6) is 5.75 Å². The third kappa shape index (κ3) is 3.56. The van der Waals surface area contributed by atoms with E-state index < -0.39 is 0 Å². The van der Waals surface area contributed by atoms with Crippen LogP contribution in [-0.4, -0.2) is 37.4 Å². The number of ether oxygens (including phenoxy) is 1. The first kappa shape index (κ1) is 19.0. The van der Waals surface area contributed by atoms with Gasteiger partial charge in [-0.15, -0.1) is 0 Å². The minimum absolute atomic E-state index is 0.0309. The van der Waals surface area contributed by atoms with Crippen LogP contribution in [0, 0.1) is 5.92 Å². The maximum Gasteiger partial charge on any atom is 0.251 e. The number of fused-ring (bicyclic) bond motifs is 1. The predicted molar refractivity (Wildman–Crippen MR) is 113 cm³/mol. The van der Waals surface area contributed by atoms with Gasteiger partial charge in [0.25, 0.3) is 5.91 Å². The first-order valence-corrected chi connectivity index (χ1v) is 9.74. The van der Waals surface area contributed by atoms with E-state index in [1.54, 1.807) is 18.1 Å². The molecule has 2 amide bonds. The summed E-state index contributed by atoms with van der Waals surface area (Å²) in [7, 11) is 3.46. The number of hydrogen-bond acceptors (Lipinski definition) is 3. The van der Waals surface area contributed by atoms with E-state index in [0.29, 0.717) is 18.5 Å². The van der Waals surface area contributed by atoms with Crippen LogP contribution in [0.15, 0.2) is 66.7 Å². The Bertz CT molecular complexity index is 1050. The van der Waals surface area contributed by atoms with Crippen molar-refractivity contribution in [2.24, 2.45) is 5.92 Å². The highest BCUT2D eigenvalue weighted by molar-refractivity contribution is 6.08. The van der Waals surface area contributed by atoms with E-state index in [9.17, 15) is 9.59 Å². The molecule has 0 radical (unpaired) electrons. The molecule has 0 aliphatic carbocycles. The zero-order chi connectivity index (χ0) is 20.4. The zero-order valence-electron chi connectivity index (χ0n) is 16.6. The molecule has 1 aliphatic heterocycles. The smallest absolute Gasteiger partial charge is 0.251 e. The van der Waals surface area contributed by atoms with E-state index in [1.165, 1.54) is 0 Å². The molecule has 0 unspecified atom stereocenters. The lowest BCUT2D eigenvalue weighted by Crippen LogP contribution is -2.32. The molecule has 0 aromatic heterocycles. The average Bonchev–Trinajstić information content (AvgIpc) is 3.05. The number of nitrogens with zero attached hydrogens (tertiary/aromatic N) is 1. The van der Waals surface area contributed by atoms with Crippen molar-refractivity contribution in [2.45, 2.75) is 12.5 Å². The van der Waals surface area contributed by atoms with Gasteiger partial charge in [-0.3, -0.25) is 9.59 Å². The quantitative estimate of drug-likeness (QED) is 0.723. The van der Waals surface area contributed by atoms with Crippen molar-refractivity contribution >= 4 is 22.6 Å². The summed E-state index contributed by atoms with van der Waals surface area (Å²) >= 11 is 0. The molecule has 0 spiro atoms. The van der Waals surface area contributed by atoms with Crippen molar-refractivity contribution in [1.82, 2.24) is 10.2 Å². The number of benzene rings is 3. The SMILES string of the molecule is COc1ccc(C(=O)NC[C@H]2CC(=O)N(C)[C@@H]2c2ccccc2)c2ccccc12. The lowest BCUT2D eigenvalue weighted by atomic mass is 9.93. The highest BCUT2D eigenvalue weighted by Crippen LogP contribution is 2.36. The van der Waals surface area contributed by atoms with Crippen LogP contribution in [0.1, 0.15) is 28.4 Å². The summed E-state index contributed by atoms with van der Waals surface area (Å²) in [5.41, 5.74) is 1.70. The Morgan fingerprint density at radius 1 is 1.03 bits per heavy atom. The van der Waals surface area contributed by atoms with Gasteiger partial charge in [-0.05, 0) is 23.1 Å². The molecule has 5 heteroatoms. The average molecular weight is 388 g/mol. The number of carbonyl (C=O) groups excluding carboxylic acids is 2. The topological polar surface area (TPSA) is 58.6 Å². The summed E-state index contributed by atoms with van der Waals surface area (Å²) in [4.78, 5) is 27.1. The van der Waals surface area contributed by atoms with Crippen molar-refractivity contribution in [3.05, 3.63) is 77.9 Å². The summed E-state index contributed by atoms with van der Waals surface area (Å²) in [6, 6.07) is 21.3. The molecule has 1 aliphatic rings. The van der Waals surface area contributed by atoms with Crippen LogP contribution >= 0.6 is 0 Å². The number of carbonyl (C=O) groups is 2. The van der Waals surface area contributed by atoms with E-state index in [1.807, 2.05) is 67.7 Å². The molecule has 0 saturated carbocycles. The third-order valence-electron chi connectivity index (χ3n) is 5.71. The number of nitrogens with one attached hydrogen (secondary N) is 1. The van der Waals surface area contributed by atoms with E-state index in [4.69, 9.17) is 4.74 Å². The molecule has 5 nitrogen and oxygen atoms in total. The third-order valence-corrected chi connectivity index (χ3v) is 5.71. The molecule has 0 bridgehead atoms. The lowest BCUT2D eigenvalue weighted by molar-refractivity contribution is -0.127. The second kappa shape index (κ2) is 7.95. The summed E-state index contributed by atoms with van der Waals surface area (Å²) in [5.74, 6) is 0.735. The highest BCUT2D eigenvalue weighted by Gasteiger charge is 2.38. The second-order valence-electron chi connectivity index (χ2n) is 7.40. The van der Waals surface area contributed by atoms with Gasteiger partial charge in [0, 0.05) is 36.9 Å². The van der Waals surface area contributed by atoms with Crippen molar-refractivity contribution in [1.29, 1.82) is 0 Å². The van der Waals surface area contributed by atoms with E-state index in [-0.39, 0.29) is 23.8 Å². The van der Waals surface area contributed by atoms with Gasteiger partial charge in [-0.1, -0.05) is 54.6 Å². The molecule has 1 N–H and O–H groups in total. The molecular weight excluding hydrogens is 364 g/mol. The standard InChI is InChI=1S/C24H24N2O3/c1-26-22(27)14-17(23(26)16-8-4-3-5-9-16)15-25-24(28)20-12-13-21(29-2)19-11-7-6-10-18(19)20/h3-13,17,23H,14-15H2,1-2H3,(H,25,28)/t17-,23-/m1/s1. The summed E-state index contributed by atoms with van der Waals surface area (Å²) in [5, 5.41) is 4.81. The summed E-state index contributed by atoms with van der Waals surface area (Å²) in [6.07, 6.45) is 0.430. The fourth-order valence-electron chi connectivity index (χ4n) is 4.25. The number of methoxy groups -OCH3 is 1. The Morgan fingerprint density at radius 2 is 1.72 bits per heavy atom. The second-order valence-corrected chi connectivity index (χ2v) is 7.40. The molecule has 3 aromatic rings. The van der Waals surface area contributed by atoms with Gasteiger partial charge in [-0.2, -0.15) is 0 Å². The van der Waals surface area contributed by atoms with E-state index in [0.717, 1.165) is 22.1 Å². The predicted octanol–water partition coefficient (Wildman–Crippen LogP) is 3.80. The van der Waals surface area contributed by atoms with E-state index in [2.05, 4.69) is 5.32 Å². The first-order valence-electron chi connectivity index (χ1n) is 9.74. The van der Waals surface area contributed by atoms with Crippen LogP contribution in [0.3, 0.4) is 0 Å². The first-order chi connectivity index (χ1) is 14.1. The lowest BCUT2D eigenvalue weighted by Gasteiger charge is -2.25. The Morgan fingerprint density at radius 3 is 2.45 bits per heavy atom. The molecule has 1 heterocycles. The monoisotopic (exact) mass is 388 g/mol. The Hall–Kier alpha value is -3.34. The van der Waals surface area contributed by atoms with Gasteiger partial charge in [0.1, 0.15) is 5.75 Å². The fourth-order valence-corrected chi connectivity index (χ4v) is 4.25. The van der Waals surface area contributed by atoms with Crippen LogP contribution in [0.25, 0.3) is 10.8 Å². The van der Waals surface area contributed by atoms with Gasteiger partial charge in [0.05, 0.1) is 13.2 Å². The van der Waals surface area contributed by atoms with Crippen LogP contribution < -0.4 is 10.1 Å². The molecule has 29 heavy (non-hydrogen) atoms. The number of amides is 2. The summed E-state index contributed by atoms with van der Waals surface area (Å²) < 4.78 is 5.42. The van der Waals surface area contributed by atoms with Crippen molar-refractivity contribution in [3.8, 4) is 5.75 Å². The number of likely N-dealkylation sites (tertiary alicyclic amines) is 1. The van der Waals surface area contributed by atoms with E-state index >= 15 is 0 Å². The maximum atomic E-state index is 13.0. The van der Waals surface area contributed by atoms with Gasteiger partial charge in [-0.25, -0.2) is 0 Å². The fraction of sp³-hybridized carbons (Fsp3) is 0.250. The van der Waals surface area contributed by atoms with Crippen LogP contribution in [0.2, 0.25) is 0 Å². The highest BCUT2D eigenvalue weighted by atomic mass is 16.5. The normalized spacial score (nSPS) is 18.8. The zero-order valence-corrected chi connectivity index (χ0v) is 16.6. The Kier molecular flexibility index (Phi) is 5.21. The molecular formula is C24H24N2O3. The summed E-state index contributed by atoms with van der Waals surface area (Å²) in [6.45, 7) is 0.439. The largest absolute Gasteiger partial charge is 0.496 e. The van der Waals surface area contributed by atoms with Crippen molar-refractivity contribution < 1.29 is 14.3 Å². The van der Waals surface area contributed by atoms with Crippen molar-refractivity contribution in [2.75, 3.05) is 20.7 Å². The van der Waals surface area contributed by atoms with Crippen LogP contribution in [-0.2, 0) is 4.79 Å². The molecule has 148 valence electrons. The van der Waals surface area contributed by atoms with Gasteiger partial charge in [0.2, 0.25) is 5.91 Å². The molecule has 4 rings (SSSR count). The molecule has 1 saturated heterocycles.